The number of carbonyl (C=O) groups is 1. The molecule has 102 valence electrons. The molecular formula is C15H20N2O2. The molecule has 1 amide bonds. The Morgan fingerprint density at radius 3 is 3.11 bits per heavy atom. The first-order chi connectivity index (χ1) is 9.27. The molecule has 0 aliphatic carbocycles. The van der Waals surface area contributed by atoms with E-state index in [1.807, 2.05) is 29.2 Å². The van der Waals surface area contributed by atoms with Crippen LogP contribution in [0.5, 0.6) is 5.75 Å². The maximum absolute atomic E-state index is 12.8. The van der Waals surface area contributed by atoms with Crippen LogP contribution >= 0.6 is 0 Å². The summed E-state index contributed by atoms with van der Waals surface area (Å²) in [6.45, 7) is 5.32. The zero-order valence-corrected chi connectivity index (χ0v) is 11.3. The van der Waals surface area contributed by atoms with Crippen molar-refractivity contribution in [2.45, 2.75) is 25.3 Å². The number of amides is 1. The van der Waals surface area contributed by atoms with Crippen molar-refractivity contribution in [2.24, 2.45) is 0 Å². The second-order valence-electron chi connectivity index (χ2n) is 5.31. The Kier molecular flexibility index (Phi) is 3.42. The quantitative estimate of drug-likeness (QED) is 0.829. The number of rotatable bonds is 1. The minimum atomic E-state index is -0.0366. The van der Waals surface area contributed by atoms with Crippen LogP contribution in [0.15, 0.2) is 24.3 Å². The average Bonchev–Trinajstić information content (AvgIpc) is 2.46. The summed E-state index contributed by atoms with van der Waals surface area (Å²) in [6.07, 6.45) is 0.784. The molecule has 0 bridgehead atoms. The van der Waals surface area contributed by atoms with Crippen LogP contribution in [0.25, 0.3) is 0 Å². The summed E-state index contributed by atoms with van der Waals surface area (Å²) in [6, 6.07) is 8.19. The summed E-state index contributed by atoms with van der Waals surface area (Å²) in [5, 5.41) is 3.32. The van der Waals surface area contributed by atoms with E-state index in [-0.39, 0.29) is 17.9 Å². The normalized spacial score (nSPS) is 26.5. The molecule has 0 aromatic heterocycles. The van der Waals surface area contributed by atoms with E-state index in [1.165, 1.54) is 0 Å². The monoisotopic (exact) mass is 260 g/mol. The van der Waals surface area contributed by atoms with Gasteiger partial charge in [0.25, 0.3) is 0 Å². The van der Waals surface area contributed by atoms with E-state index in [4.69, 9.17) is 4.74 Å². The fraction of sp³-hybridized carbons (Fsp3) is 0.533. The molecule has 2 aliphatic heterocycles. The molecule has 4 heteroatoms. The minimum absolute atomic E-state index is 0.0366. The second-order valence-corrected chi connectivity index (χ2v) is 5.31. The molecule has 0 unspecified atom stereocenters. The average molecular weight is 260 g/mol. The second kappa shape index (κ2) is 5.21. The maximum Gasteiger partial charge on any atom is 0.230 e. The lowest BCUT2D eigenvalue weighted by Crippen LogP contribution is -2.53. The van der Waals surface area contributed by atoms with Crippen molar-refractivity contribution >= 4 is 5.91 Å². The molecular weight excluding hydrogens is 240 g/mol. The first kappa shape index (κ1) is 12.5. The number of ether oxygens (including phenoxy) is 1. The van der Waals surface area contributed by atoms with E-state index in [1.54, 1.807) is 0 Å². The van der Waals surface area contributed by atoms with Gasteiger partial charge in [-0.1, -0.05) is 18.2 Å². The van der Waals surface area contributed by atoms with Crippen molar-refractivity contribution in [3.05, 3.63) is 29.8 Å². The van der Waals surface area contributed by atoms with Gasteiger partial charge in [-0.2, -0.15) is 0 Å². The molecule has 19 heavy (non-hydrogen) atoms. The highest BCUT2D eigenvalue weighted by atomic mass is 16.5. The Morgan fingerprint density at radius 1 is 1.42 bits per heavy atom. The van der Waals surface area contributed by atoms with Crippen molar-refractivity contribution in [1.29, 1.82) is 0 Å². The largest absolute Gasteiger partial charge is 0.493 e. The van der Waals surface area contributed by atoms with Gasteiger partial charge in [0.05, 0.1) is 12.5 Å². The van der Waals surface area contributed by atoms with Crippen molar-refractivity contribution in [3.63, 3.8) is 0 Å². The van der Waals surface area contributed by atoms with Gasteiger partial charge in [-0.05, 0) is 19.4 Å². The number of nitrogens with one attached hydrogen (secondary N) is 1. The lowest BCUT2D eigenvalue weighted by molar-refractivity contribution is -0.136. The Labute approximate surface area is 113 Å². The van der Waals surface area contributed by atoms with E-state index in [2.05, 4.69) is 12.2 Å². The molecule has 0 spiro atoms. The van der Waals surface area contributed by atoms with E-state index in [0.717, 1.165) is 37.4 Å². The minimum Gasteiger partial charge on any atom is -0.493 e. The molecule has 4 nitrogen and oxygen atoms in total. The molecule has 2 aliphatic rings. The third-order valence-corrected chi connectivity index (χ3v) is 4.04. The number of piperazine rings is 1. The van der Waals surface area contributed by atoms with Gasteiger partial charge in [0.2, 0.25) is 5.91 Å². The molecule has 0 saturated carbocycles. The SMILES string of the molecule is C[C@@H]1CNCCN1C(=O)[C@@H]1CCOc2ccccc21. The molecule has 1 saturated heterocycles. The van der Waals surface area contributed by atoms with Gasteiger partial charge in [0, 0.05) is 31.2 Å². The van der Waals surface area contributed by atoms with Gasteiger partial charge in [-0.15, -0.1) is 0 Å². The third kappa shape index (κ3) is 2.32. The molecule has 1 N–H and O–H groups in total. The van der Waals surface area contributed by atoms with Crippen LogP contribution in [0.4, 0.5) is 0 Å². The standard InChI is InChI=1S/C15H20N2O2/c1-11-10-16-7-8-17(11)15(18)13-6-9-19-14-5-3-2-4-12(13)14/h2-5,11,13,16H,6-10H2,1H3/t11-,13-/m1/s1. The smallest absolute Gasteiger partial charge is 0.230 e. The van der Waals surface area contributed by atoms with Gasteiger partial charge in [0.15, 0.2) is 0 Å². The third-order valence-electron chi connectivity index (χ3n) is 4.04. The molecule has 2 atom stereocenters. The summed E-state index contributed by atoms with van der Waals surface area (Å²) < 4.78 is 5.63. The number of fused-ring (bicyclic) bond motifs is 1. The fourth-order valence-corrected chi connectivity index (χ4v) is 2.97. The van der Waals surface area contributed by atoms with Crippen LogP contribution in [-0.4, -0.2) is 43.1 Å². The van der Waals surface area contributed by atoms with E-state index in [0.29, 0.717) is 6.61 Å². The molecule has 1 aromatic carbocycles. The predicted octanol–water partition coefficient (Wildman–Crippen LogP) is 1.37. The number of para-hydroxylation sites is 1. The highest BCUT2D eigenvalue weighted by Crippen LogP contribution is 2.34. The fourth-order valence-electron chi connectivity index (χ4n) is 2.97. The molecule has 2 heterocycles. The summed E-state index contributed by atoms with van der Waals surface area (Å²) >= 11 is 0. The zero-order valence-electron chi connectivity index (χ0n) is 11.3. The topological polar surface area (TPSA) is 41.6 Å². The Morgan fingerprint density at radius 2 is 2.26 bits per heavy atom. The highest BCUT2D eigenvalue weighted by Gasteiger charge is 2.33. The van der Waals surface area contributed by atoms with Gasteiger partial charge in [-0.25, -0.2) is 0 Å². The van der Waals surface area contributed by atoms with Crippen molar-refractivity contribution < 1.29 is 9.53 Å². The summed E-state index contributed by atoms with van der Waals surface area (Å²) in [5.41, 5.74) is 1.05. The van der Waals surface area contributed by atoms with Crippen LogP contribution in [0, 0.1) is 0 Å². The Hall–Kier alpha value is -1.55. The molecule has 3 rings (SSSR count). The Bertz CT molecular complexity index is 475. The van der Waals surface area contributed by atoms with Gasteiger partial charge < -0.3 is 15.0 Å². The van der Waals surface area contributed by atoms with Crippen molar-refractivity contribution in [3.8, 4) is 5.75 Å². The number of hydrogen-bond acceptors (Lipinski definition) is 3. The summed E-state index contributed by atoms with van der Waals surface area (Å²) in [4.78, 5) is 14.8. The molecule has 1 fully saturated rings. The lowest BCUT2D eigenvalue weighted by atomic mass is 9.91. The number of carbonyl (C=O) groups excluding carboxylic acids is 1. The highest BCUT2D eigenvalue weighted by molar-refractivity contribution is 5.85. The van der Waals surface area contributed by atoms with Crippen LogP contribution < -0.4 is 10.1 Å². The lowest BCUT2D eigenvalue weighted by Gasteiger charge is -2.37. The predicted molar refractivity (Wildman–Crippen MR) is 73.3 cm³/mol. The zero-order chi connectivity index (χ0) is 13.2. The first-order valence-electron chi connectivity index (χ1n) is 7.00. The van der Waals surface area contributed by atoms with Crippen LogP contribution in [0.1, 0.15) is 24.8 Å². The first-order valence-corrected chi connectivity index (χ1v) is 7.00. The van der Waals surface area contributed by atoms with Crippen molar-refractivity contribution in [1.82, 2.24) is 10.2 Å². The maximum atomic E-state index is 12.8. The number of benzene rings is 1. The van der Waals surface area contributed by atoms with E-state index < -0.39 is 0 Å². The van der Waals surface area contributed by atoms with Crippen LogP contribution in [-0.2, 0) is 4.79 Å². The van der Waals surface area contributed by atoms with Gasteiger partial charge >= 0.3 is 0 Å². The van der Waals surface area contributed by atoms with Gasteiger partial charge in [0.1, 0.15) is 5.75 Å². The van der Waals surface area contributed by atoms with Crippen LogP contribution in [0.3, 0.4) is 0 Å². The molecule has 0 radical (unpaired) electrons. The summed E-state index contributed by atoms with van der Waals surface area (Å²) in [5.74, 6) is 1.09. The van der Waals surface area contributed by atoms with Crippen LogP contribution in [0.2, 0.25) is 0 Å². The number of hydrogen-bond donors (Lipinski definition) is 1. The summed E-state index contributed by atoms with van der Waals surface area (Å²) in [7, 11) is 0. The van der Waals surface area contributed by atoms with E-state index >= 15 is 0 Å². The van der Waals surface area contributed by atoms with Crippen molar-refractivity contribution in [2.75, 3.05) is 26.2 Å². The Balaban J connectivity index is 1.84. The van der Waals surface area contributed by atoms with E-state index in [9.17, 15) is 4.79 Å². The van der Waals surface area contributed by atoms with Gasteiger partial charge in [-0.3, -0.25) is 4.79 Å². The number of nitrogens with zero attached hydrogens (tertiary/aromatic N) is 1. The molecule has 1 aromatic rings.